The zero-order chi connectivity index (χ0) is 17.3. The van der Waals surface area contributed by atoms with E-state index in [-0.39, 0.29) is 17.5 Å². The second-order valence-corrected chi connectivity index (χ2v) is 6.17. The smallest absolute Gasteiger partial charge is 0.311 e. The van der Waals surface area contributed by atoms with Gasteiger partial charge in [-0.15, -0.1) is 0 Å². The van der Waals surface area contributed by atoms with E-state index in [1.165, 1.54) is 0 Å². The van der Waals surface area contributed by atoms with Crippen LogP contribution in [0, 0.1) is 0 Å². The molecule has 7 nitrogen and oxygen atoms in total. The predicted molar refractivity (Wildman–Crippen MR) is 92.3 cm³/mol. The average molecular weight is 349 g/mol. The molecule has 0 saturated carbocycles. The van der Waals surface area contributed by atoms with Gasteiger partial charge in [-0.2, -0.15) is 0 Å². The molecule has 3 rings (SSSR count). The summed E-state index contributed by atoms with van der Waals surface area (Å²) in [7, 11) is 0. The van der Waals surface area contributed by atoms with E-state index < -0.39 is 0 Å². The number of benzene rings is 1. The second-order valence-electron chi connectivity index (χ2n) is 5.74. The summed E-state index contributed by atoms with van der Waals surface area (Å²) in [6.45, 7) is 4.96. The average Bonchev–Trinajstić information content (AvgIpc) is 2.88. The molecule has 3 aromatic rings. The number of fused-ring (bicyclic) bond motifs is 1. The molecule has 0 aliphatic rings. The molecule has 126 valence electrons. The van der Waals surface area contributed by atoms with Gasteiger partial charge in [0.05, 0.1) is 6.04 Å². The quantitative estimate of drug-likeness (QED) is 0.689. The molecule has 3 N–H and O–H groups in total. The summed E-state index contributed by atoms with van der Waals surface area (Å²) in [5.74, 6) is 0.834. The summed E-state index contributed by atoms with van der Waals surface area (Å²) in [4.78, 5) is 19.1. The molecule has 0 aliphatic carbocycles. The van der Waals surface area contributed by atoms with Gasteiger partial charge in [-0.05, 0) is 38.1 Å². The van der Waals surface area contributed by atoms with Crippen LogP contribution in [-0.2, 0) is 6.54 Å². The summed E-state index contributed by atoms with van der Waals surface area (Å²) < 4.78 is 9.45. The topological polar surface area (TPSA) is 89.8 Å². The van der Waals surface area contributed by atoms with Crippen LogP contribution in [-0.4, -0.2) is 21.1 Å². The number of aromatic nitrogens is 4. The van der Waals surface area contributed by atoms with Crippen molar-refractivity contribution in [3.8, 4) is 5.75 Å². The highest BCUT2D eigenvalue weighted by molar-refractivity contribution is 6.30. The minimum Gasteiger partial charge on any atom is -0.490 e. The van der Waals surface area contributed by atoms with E-state index >= 15 is 0 Å². The number of nitrogens with zero attached hydrogens (tertiary/aromatic N) is 3. The van der Waals surface area contributed by atoms with Crippen LogP contribution in [0.3, 0.4) is 0 Å². The van der Waals surface area contributed by atoms with Crippen LogP contribution in [0.5, 0.6) is 5.75 Å². The highest BCUT2D eigenvalue weighted by Gasteiger charge is 2.22. The van der Waals surface area contributed by atoms with Crippen LogP contribution < -0.4 is 20.6 Å². The Morgan fingerprint density at radius 1 is 1.38 bits per heavy atom. The molecule has 0 amide bonds. The molecule has 8 heteroatoms. The maximum Gasteiger partial charge on any atom is 0.311 e. The molecular formula is C16H19ClN5O2+. The second kappa shape index (κ2) is 6.52. The van der Waals surface area contributed by atoms with E-state index in [2.05, 4.69) is 9.97 Å². The van der Waals surface area contributed by atoms with Crippen molar-refractivity contribution in [2.24, 2.45) is 0 Å². The van der Waals surface area contributed by atoms with Crippen molar-refractivity contribution in [3.63, 3.8) is 0 Å². The number of nitrogen functional groups attached to an aromatic ring is 1. The Bertz CT molecular complexity index is 915. The van der Waals surface area contributed by atoms with Crippen molar-refractivity contribution in [2.45, 2.75) is 26.4 Å². The fourth-order valence-corrected chi connectivity index (χ4v) is 2.64. The zero-order valence-corrected chi connectivity index (χ0v) is 14.2. The maximum atomic E-state index is 12.3. The third-order valence-electron chi connectivity index (χ3n) is 3.66. The van der Waals surface area contributed by atoms with Gasteiger partial charge in [-0.25, -0.2) is 4.57 Å². The van der Waals surface area contributed by atoms with Crippen LogP contribution in [0.2, 0.25) is 5.02 Å². The molecular weight excluding hydrogens is 330 g/mol. The maximum absolute atomic E-state index is 12.3. The molecule has 24 heavy (non-hydrogen) atoms. The van der Waals surface area contributed by atoms with Crippen molar-refractivity contribution in [1.82, 2.24) is 14.5 Å². The SMILES string of the molecule is CC(C)[n+]1cn(CCOc2ccc(Cl)cc2)c2c(=O)[nH]c(N)nc21. The van der Waals surface area contributed by atoms with Gasteiger partial charge in [0.25, 0.3) is 11.5 Å². The number of hydrogen-bond donors (Lipinski definition) is 2. The number of aromatic amines is 1. The van der Waals surface area contributed by atoms with E-state index in [0.717, 1.165) is 5.75 Å². The molecule has 0 radical (unpaired) electrons. The van der Waals surface area contributed by atoms with Gasteiger partial charge in [0, 0.05) is 5.02 Å². The standard InChI is InChI=1S/C16H18ClN5O2/c1-10(2)22-9-21(13-14(22)19-16(18)20-15(13)23)7-8-24-12-5-3-11(17)4-6-12/h3-6,9-10H,7-8H2,1-2H3,(H2-,18,19,20,23)/p+1. The molecule has 0 bridgehead atoms. The molecule has 0 fully saturated rings. The summed E-state index contributed by atoms with van der Waals surface area (Å²) >= 11 is 5.85. The Morgan fingerprint density at radius 2 is 2.08 bits per heavy atom. The molecule has 0 aliphatic heterocycles. The fourth-order valence-electron chi connectivity index (χ4n) is 2.51. The van der Waals surface area contributed by atoms with Crippen molar-refractivity contribution in [2.75, 3.05) is 12.3 Å². The number of H-pyrrole nitrogens is 1. The Balaban J connectivity index is 1.86. The van der Waals surface area contributed by atoms with Crippen LogP contribution >= 0.6 is 11.6 Å². The van der Waals surface area contributed by atoms with Gasteiger partial charge < -0.3 is 10.5 Å². The monoisotopic (exact) mass is 348 g/mol. The van der Waals surface area contributed by atoms with Crippen LogP contribution in [0.1, 0.15) is 19.9 Å². The molecule has 0 unspecified atom stereocenters. The fraction of sp³-hybridized carbons (Fsp3) is 0.312. The van der Waals surface area contributed by atoms with Crippen molar-refractivity contribution < 1.29 is 9.30 Å². The third-order valence-corrected chi connectivity index (χ3v) is 3.91. The third kappa shape index (κ3) is 3.21. The highest BCUT2D eigenvalue weighted by atomic mass is 35.5. The van der Waals surface area contributed by atoms with E-state index in [1.807, 2.05) is 29.3 Å². The predicted octanol–water partition coefficient (Wildman–Crippen LogP) is 1.91. The summed E-state index contributed by atoms with van der Waals surface area (Å²) in [5.41, 5.74) is 6.46. The van der Waals surface area contributed by atoms with Crippen LogP contribution in [0.4, 0.5) is 5.95 Å². The normalized spacial score (nSPS) is 11.3. The first-order valence-corrected chi connectivity index (χ1v) is 8.01. The first-order valence-electron chi connectivity index (χ1n) is 7.64. The van der Waals surface area contributed by atoms with Gasteiger partial charge in [0.1, 0.15) is 18.9 Å². The van der Waals surface area contributed by atoms with Crippen LogP contribution in [0.25, 0.3) is 11.2 Å². The summed E-state index contributed by atoms with van der Waals surface area (Å²) in [6, 6.07) is 7.30. The van der Waals surface area contributed by atoms with E-state index in [1.54, 1.807) is 24.3 Å². The Kier molecular flexibility index (Phi) is 4.44. The first kappa shape index (κ1) is 16.3. The number of nitrogens with two attached hydrogens (primary N) is 1. The van der Waals surface area contributed by atoms with E-state index in [0.29, 0.717) is 29.3 Å². The van der Waals surface area contributed by atoms with Gasteiger partial charge in [-0.1, -0.05) is 16.6 Å². The lowest BCUT2D eigenvalue weighted by Gasteiger charge is -2.05. The Labute approximate surface area is 143 Å². The molecule has 0 saturated heterocycles. The lowest BCUT2D eigenvalue weighted by molar-refractivity contribution is -0.693. The number of hydrogen-bond acceptors (Lipinski definition) is 4. The molecule has 2 heterocycles. The van der Waals surface area contributed by atoms with Gasteiger partial charge in [0.15, 0.2) is 6.33 Å². The van der Waals surface area contributed by atoms with Gasteiger partial charge >= 0.3 is 5.65 Å². The Hall–Kier alpha value is -2.54. The highest BCUT2D eigenvalue weighted by Crippen LogP contribution is 2.15. The summed E-state index contributed by atoms with van der Waals surface area (Å²) in [6.07, 6.45) is 1.86. The molecule has 0 spiro atoms. The van der Waals surface area contributed by atoms with Gasteiger partial charge in [-0.3, -0.25) is 14.3 Å². The number of nitrogens with one attached hydrogen (secondary N) is 1. The lowest BCUT2D eigenvalue weighted by atomic mass is 10.3. The van der Waals surface area contributed by atoms with Crippen LogP contribution in [0.15, 0.2) is 35.4 Å². The van der Waals surface area contributed by atoms with Crippen molar-refractivity contribution in [1.29, 1.82) is 0 Å². The molecule has 1 aromatic carbocycles. The number of anilines is 1. The zero-order valence-electron chi connectivity index (χ0n) is 13.5. The number of rotatable bonds is 5. The number of ether oxygens (including phenoxy) is 1. The lowest BCUT2D eigenvalue weighted by Crippen LogP contribution is -2.36. The minimum absolute atomic E-state index is 0.108. The van der Waals surface area contributed by atoms with E-state index in [9.17, 15) is 4.79 Å². The van der Waals surface area contributed by atoms with Crippen molar-refractivity contribution >= 4 is 28.7 Å². The number of imidazole rings is 1. The molecule has 0 atom stereocenters. The molecule has 2 aromatic heterocycles. The Morgan fingerprint density at radius 3 is 2.75 bits per heavy atom. The van der Waals surface area contributed by atoms with Gasteiger partial charge in [0.2, 0.25) is 5.52 Å². The van der Waals surface area contributed by atoms with E-state index in [4.69, 9.17) is 22.1 Å². The minimum atomic E-state index is -0.261. The van der Waals surface area contributed by atoms with Crippen molar-refractivity contribution in [3.05, 3.63) is 46.0 Å². The summed E-state index contributed by atoms with van der Waals surface area (Å²) in [5, 5.41) is 0.659. The largest absolute Gasteiger partial charge is 0.490 e. The number of halogens is 1. The first-order chi connectivity index (χ1) is 11.5.